The Kier molecular flexibility index (Phi) is 8.89. The highest BCUT2D eigenvalue weighted by Gasteiger charge is 2.33. The first-order chi connectivity index (χ1) is 16.8. The third-order valence-corrected chi connectivity index (χ3v) is 7.59. The molecule has 7 nitrogen and oxygen atoms in total. The van der Waals surface area contributed by atoms with E-state index in [1.807, 2.05) is 0 Å². The quantitative estimate of drug-likeness (QED) is 0.442. The molecule has 0 heterocycles. The fourth-order valence-corrected chi connectivity index (χ4v) is 5.28. The summed E-state index contributed by atoms with van der Waals surface area (Å²) in [7, 11) is -2.55. The first-order valence-electron chi connectivity index (χ1n) is 11.2. The van der Waals surface area contributed by atoms with Gasteiger partial charge in [-0.25, -0.2) is 8.42 Å². The molecule has 35 heavy (non-hydrogen) atoms. The number of nitrogens with zero attached hydrogens (tertiary/aromatic N) is 2. The Morgan fingerprint density at radius 3 is 2.03 bits per heavy atom. The number of hydrogen-bond acceptors (Lipinski definition) is 4. The summed E-state index contributed by atoms with van der Waals surface area (Å²) in [5, 5.41) is 3.15. The van der Waals surface area contributed by atoms with Crippen molar-refractivity contribution in [3.05, 3.63) is 95.5 Å². The largest absolute Gasteiger partial charge is 0.357 e. The molecule has 0 unspecified atom stereocenters. The molecule has 0 aromatic heterocycles. The molecule has 0 saturated carbocycles. The topological polar surface area (TPSA) is 86.8 Å². The van der Waals surface area contributed by atoms with Crippen LogP contribution in [0.3, 0.4) is 0 Å². The van der Waals surface area contributed by atoms with E-state index in [4.69, 9.17) is 11.6 Å². The van der Waals surface area contributed by atoms with Crippen LogP contribution in [0.2, 0.25) is 5.02 Å². The van der Waals surface area contributed by atoms with Crippen molar-refractivity contribution in [3.63, 3.8) is 0 Å². The first kappa shape index (κ1) is 26.2. The second-order valence-electron chi connectivity index (χ2n) is 7.85. The molecule has 184 valence electrons. The average Bonchev–Trinajstić information content (AvgIpc) is 2.88. The molecular weight excluding hydrogens is 486 g/mol. The summed E-state index contributed by atoms with van der Waals surface area (Å²) in [4.78, 5) is 27.8. The zero-order chi connectivity index (χ0) is 25.4. The minimum absolute atomic E-state index is 0.0687. The van der Waals surface area contributed by atoms with Crippen molar-refractivity contribution in [2.24, 2.45) is 0 Å². The second-order valence-corrected chi connectivity index (χ2v) is 10.1. The standard InChI is InChI=1S/C26H28ClN3O4S/c1-3-24(26(32)28-2)29(18-20-14-16-21(27)17-15-20)25(31)19-30(22-10-6-4-7-11-22)35(33,34)23-12-8-5-9-13-23/h4-17,24H,3,18-19H2,1-2H3,(H,28,32)/t24-/m1/s1. The van der Waals surface area contributed by atoms with Crippen molar-refractivity contribution in [2.75, 3.05) is 17.9 Å². The minimum Gasteiger partial charge on any atom is -0.357 e. The number of likely N-dealkylation sites (N-methyl/N-ethyl adjacent to an activating group) is 1. The maximum Gasteiger partial charge on any atom is 0.264 e. The third-order valence-electron chi connectivity index (χ3n) is 5.55. The third kappa shape index (κ3) is 6.41. The maximum absolute atomic E-state index is 13.7. The lowest BCUT2D eigenvalue weighted by molar-refractivity contribution is -0.140. The van der Waals surface area contributed by atoms with Gasteiger partial charge in [-0.1, -0.05) is 67.1 Å². The summed E-state index contributed by atoms with van der Waals surface area (Å²) in [6, 6.07) is 22.6. The lowest BCUT2D eigenvalue weighted by Crippen LogP contribution is -2.51. The molecule has 2 amide bonds. The molecule has 0 fully saturated rings. The number of para-hydroxylation sites is 1. The van der Waals surface area contributed by atoms with Crippen LogP contribution in [-0.4, -0.2) is 44.8 Å². The van der Waals surface area contributed by atoms with Crippen LogP contribution in [0, 0.1) is 0 Å². The van der Waals surface area contributed by atoms with Gasteiger partial charge in [0.1, 0.15) is 12.6 Å². The Bertz CT molecular complexity index is 1240. The number of nitrogens with one attached hydrogen (secondary N) is 1. The number of carbonyl (C=O) groups is 2. The number of sulfonamides is 1. The summed E-state index contributed by atoms with van der Waals surface area (Å²) in [5.41, 5.74) is 1.12. The van der Waals surface area contributed by atoms with Crippen molar-refractivity contribution in [1.82, 2.24) is 10.2 Å². The van der Waals surface area contributed by atoms with Crippen LogP contribution < -0.4 is 9.62 Å². The molecule has 1 atom stereocenters. The van der Waals surface area contributed by atoms with E-state index in [2.05, 4.69) is 5.32 Å². The van der Waals surface area contributed by atoms with Crippen LogP contribution in [-0.2, 0) is 26.2 Å². The Balaban J connectivity index is 2.01. The van der Waals surface area contributed by atoms with E-state index in [-0.39, 0.29) is 17.3 Å². The predicted octanol–water partition coefficient (Wildman–Crippen LogP) is 4.09. The Labute approximate surface area is 211 Å². The van der Waals surface area contributed by atoms with Crippen LogP contribution in [0.25, 0.3) is 0 Å². The number of amides is 2. The maximum atomic E-state index is 13.7. The number of halogens is 1. The molecule has 0 spiro atoms. The molecule has 9 heteroatoms. The molecule has 0 radical (unpaired) electrons. The molecule has 1 N–H and O–H groups in total. The zero-order valence-corrected chi connectivity index (χ0v) is 21.2. The normalized spacial score (nSPS) is 12.0. The van der Waals surface area contributed by atoms with Gasteiger partial charge in [0, 0.05) is 18.6 Å². The van der Waals surface area contributed by atoms with E-state index in [0.29, 0.717) is 17.1 Å². The van der Waals surface area contributed by atoms with Crippen LogP contribution in [0.4, 0.5) is 5.69 Å². The van der Waals surface area contributed by atoms with Gasteiger partial charge >= 0.3 is 0 Å². The van der Waals surface area contributed by atoms with Gasteiger partial charge in [0.25, 0.3) is 10.0 Å². The van der Waals surface area contributed by atoms with E-state index in [9.17, 15) is 18.0 Å². The number of anilines is 1. The molecule has 3 rings (SSSR count). The monoisotopic (exact) mass is 513 g/mol. The lowest BCUT2D eigenvalue weighted by Gasteiger charge is -2.33. The van der Waals surface area contributed by atoms with Crippen LogP contribution in [0.15, 0.2) is 89.8 Å². The molecule has 0 bridgehead atoms. The molecular formula is C26H28ClN3O4S. The van der Waals surface area contributed by atoms with Gasteiger partial charge in [0.05, 0.1) is 10.6 Å². The molecule has 0 saturated heterocycles. The predicted molar refractivity (Wildman–Crippen MR) is 138 cm³/mol. The number of carbonyl (C=O) groups excluding carboxylic acids is 2. The van der Waals surface area contributed by atoms with Gasteiger partial charge in [0.2, 0.25) is 11.8 Å². The highest BCUT2D eigenvalue weighted by molar-refractivity contribution is 7.92. The highest BCUT2D eigenvalue weighted by atomic mass is 35.5. The van der Waals surface area contributed by atoms with E-state index >= 15 is 0 Å². The van der Waals surface area contributed by atoms with Crippen LogP contribution in [0.5, 0.6) is 0 Å². The van der Waals surface area contributed by atoms with Gasteiger partial charge in [0.15, 0.2) is 0 Å². The lowest BCUT2D eigenvalue weighted by atomic mass is 10.1. The molecule has 0 aliphatic heterocycles. The Morgan fingerprint density at radius 2 is 1.49 bits per heavy atom. The van der Waals surface area contributed by atoms with E-state index in [1.165, 1.54) is 24.1 Å². The number of benzene rings is 3. The van der Waals surface area contributed by atoms with Gasteiger partial charge < -0.3 is 10.2 Å². The van der Waals surface area contributed by atoms with Crippen LogP contribution >= 0.6 is 11.6 Å². The van der Waals surface area contributed by atoms with E-state index in [1.54, 1.807) is 79.7 Å². The molecule has 0 aliphatic carbocycles. The summed E-state index contributed by atoms with van der Waals surface area (Å²) in [6.07, 6.45) is 0.357. The van der Waals surface area contributed by atoms with Gasteiger partial charge in [-0.15, -0.1) is 0 Å². The fourth-order valence-electron chi connectivity index (χ4n) is 3.72. The van der Waals surface area contributed by atoms with E-state index in [0.717, 1.165) is 9.87 Å². The smallest absolute Gasteiger partial charge is 0.264 e. The van der Waals surface area contributed by atoms with Gasteiger partial charge in [-0.3, -0.25) is 13.9 Å². The van der Waals surface area contributed by atoms with Crippen LogP contribution in [0.1, 0.15) is 18.9 Å². The zero-order valence-electron chi connectivity index (χ0n) is 19.6. The highest BCUT2D eigenvalue weighted by Crippen LogP contribution is 2.24. The Morgan fingerprint density at radius 1 is 0.914 bits per heavy atom. The first-order valence-corrected chi connectivity index (χ1v) is 13.0. The van der Waals surface area contributed by atoms with Crippen molar-refractivity contribution >= 4 is 39.1 Å². The van der Waals surface area contributed by atoms with Crippen molar-refractivity contribution in [1.29, 1.82) is 0 Å². The van der Waals surface area contributed by atoms with Gasteiger partial charge in [-0.05, 0) is 48.4 Å². The van der Waals surface area contributed by atoms with Crippen molar-refractivity contribution in [2.45, 2.75) is 30.8 Å². The molecule has 0 aliphatic rings. The summed E-state index contributed by atoms with van der Waals surface area (Å²) < 4.78 is 28.2. The van der Waals surface area contributed by atoms with Crippen molar-refractivity contribution in [3.8, 4) is 0 Å². The Hall–Kier alpha value is -3.36. The van der Waals surface area contributed by atoms with E-state index < -0.39 is 28.5 Å². The summed E-state index contributed by atoms with van der Waals surface area (Å²) in [6.45, 7) is 1.45. The summed E-state index contributed by atoms with van der Waals surface area (Å²) in [5.74, 6) is -0.828. The van der Waals surface area contributed by atoms with Crippen molar-refractivity contribution < 1.29 is 18.0 Å². The fraction of sp³-hybridized carbons (Fsp3) is 0.231. The molecule has 3 aromatic carbocycles. The summed E-state index contributed by atoms with van der Waals surface area (Å²) >= 11 is 6.00. The SMILES string of the molecule is CC[C@H](C(=O)NC)N(Cc1ccc(Cl)cc1)C(=O)CN(c1ccccc1)S(=O)(=O)c1ccccc1. The van der Waals surface area contributed by atoms with Gasteiger partial charge in [-0.2, -0.15) is 0 Å². The minimum atomic E-state index is -4.05. The average molecular weight is 514 g/mol. The number of rotatable bonds is 10. The molecule has 3 aromatic rings. The number of hydrogen-bond donors (Lipinski definition) is 1. The second kappa shape index (κ2) is 11.9.